The van der Waals surface area contributed by atoms with E-state index in [1.807, 2.05) is 13.0 Å². The van der Waals surface area contributed by atoms with Crippen LogP contribution in [0.2, 0.25) is 0 Å². The van der Waals surface area contributed by atoms with Crippen molar-refractivity contribution < 1.29 is 9.84 Å². The molecular formula is C14H23NO2. The summed E-state index contributed by atoms with van der Waals surface area (Å²) < 4.78 is 5.02. The number of aryl methyl sites for hydroxylation is 2. The molecule has 0 amide bonds. The first kappa shape index (κ1) is 14.0. The van der Waals surface area contributed by atoms with Gasteiger partial charge in [-0.1, -0.05) is 6.07 Å². The van der Waals surface area contributed by atoms with Gasteiger partial charge >= 0.3 is 0 Å². The number of aromatic hydroxyl groups is 1. The first-order valence-electron chi connectivity index (χ1n) is 6.01. The van der Waals surface area contributed by atoms with Crippen molar-refractivity contribution in [2.45, 2.75) is 26.8 Å². The smallest absolute Gasteiger partial charge is 0.120 e. The quantitative estimate of drug-likeness (QED) is 0.772. The Bertz CT molecular complexity index is 363. The van der Waals surface area contributed by atoms with Gasteiger partial charge in [0.2, 0.25) is 0 Å². The number of phenolic OH excluding ortho intramolecular Hbond substituents is 1. The van der Waals surface area contributed by atoms with Crippen LogP contribution in [0.15, 0.2) is 12.1 Å². The van der Waals surface area contributed by atoms with Gasteiger partial charge in [0.05, 0.1) is 0 Å². The van der Waals surface area contributed by atoms with Gasteiger partial charge < -0.3 is 14.7 Å². The maximum Gasteiger partial charge on any atom is 0.120 e. The molecule has 0 aromatic heterocycles. The zero-order valence-corrected chi connectivity index (χ0v) is 11.3. The summed E-state index contributed by atoms with van der Waals surface area (Å²) in [7, 11) is 3.78. The molecule has 0 fully saturated rings. The predicted octanol–water partition coefficient (Wildman–Crippen LogP) is 2.48. The van der Waals surface area contributed by atoms with Gasteiger partial charge in [-0.15, -0.1) is 0 Å². The fourth-order valence-electron chi connectivity index (χ4n) is 1.84. The van der Waals surface area contributed by atoms with E-state index in [-0.39, 0.29) is 0 Å². The van der Waals surface area contributed by atoms with Crippen LogP contribution in [0.25, 0.3) is 0 Å². The maximum atomic E-state index is 9.88. The molecule has 0 heterocycles. The summed E-state index contributed by atoms with van der Waals surface area (Å²) in [5, 5.41) is 9.88. The Morgan fingerprint density at radius 1 is 1.24 bits per heavy atom. The Labute approximate surface area is 104 Å². The number of rotatable bonds is 6. The van der Waals surface area contributed by atoms with Gasteiger partial charge in [-0.25, -0.2) is 0 Å². The van der Waals surface area contributed by atoms with E-state index in [0.29, 0.717) is 5.75 Å². The summed E-state index contributed by atoms with van der Waals surface area (Å²) in [6.45, 7) is 6.62. The molecule has 1 N–H and O–H groups in total. The van der Waals surface area contributed by atoms with Gasteiger partial charge in [0.25, 0.3) is 0 Å². The molecule has 0 aliphatic rings. The van der Waals surface area contributed by atoms with Crippen molar-refractivity contribution in [3.8, 4) is 5.75 Å². The zero-order chi connectivity index (χ0) is 12.8. The van der Waals surface area contributed by atoms with Gasteiger partial charge in [-0.2, -0.15) is 0 Å². The highest BCUT2D eigenvalue weighted by Crippen LogP contribution is 2.22. The van der Waals surface area contributed by atoms with Crippen molar-refractivity contribution in [3.05, 3.63) is 28.8 Å². The minimum absolute atomic E-state index is 0.395. The largest absolute Gasteiger partial charge is 0.508 e. The third-order valence-electron chi connectivity index (χ3n) is 3.02. The summed E-state index contributed by atoms with van der Waals surface area (Å²) >= 11 is 0. The normalized spacial score (nSPS) is 11.1. The number of nitrogens with zero attached hydrogens (tertiary/aromatic N) is 1. The lowest BCUT2D eigenvalue weighted by Crippen LogP contribution is -2.20. The number of phenols is 1. The van der Waals surface area contributed by atoms with E-state index in [4.69, 9.17) is 4.74 Å². The van der Waals surface area contributed by atoms with Crippen LogP contribution in [-0.4, -0.2) is 37.3 Å². The van der Waals surface area contributed by atoms with Crippen LogP contribution < -0.4 is 0 Å². The van der Waals surface area contributed by atoms with Crippen LogP contribution in [-0.2, 0) is 11.3 Å². The first-order valence-corrected chi connectivity index (χ1v) is 6.01. The Kier molecular flexibility index (Phi) is 5.45. The zero-order valence-electron chi connectivity index (χ0n) is 11.3. The average molecular weight is 237 g/mol. The van der Waals surface area contributed by atoms with Crippen molar-refractivity contribution in [2.24, 2.45) is 0 Å². The van der Waals surface area contributed by atoms with Crippen molar-refractivity contribution in [1.82, 2.24) is 4.90 Å². The molecule has 0 radical (unpaired) electrons. The van der Waals surface area contributed by atoms with Gasteiger partial charge in [0.1, 0.15) is 5.75 Å². The summed E-state index contributed by atoms with van der Waals surface area (Å²) in [6, 6.07) is 3.91. The third kappa shape index (κ3) is 4.36. The predicted molar refractivity (Wildman–Crippen MR) is 70.4 cm³/mol. The highest BCUT2D eigenvalue weighted by Gasteiger charge is 2.07. The van der Waals surface area contributed by atoms with Crippen LogP contribution >= 0.6 is 0 Å². The number of hydrogen-bond donors (Lipinski definition) is 1. The molecule has 3 heteroatoms. The average Bonchev–Trinajstić information content (AvgIpc) is 2.26. The minimum atomic E-state index is 0.395. The molecule has 3 nitrogen and oxygen atoms in total. The molecule has 0 aliphatic carbocycles. The first-order chi connectivity index (χ1) is 8.04. The van der Waals surface area contributed by atoms with E-state index >= 15 is 0 Å². The van der Waals surface area contributed by atoms with E-state index in [1.165, 1.54) is 5.56 Å². The lowest BCUT2D eigenvalue weighted by molar-refractivity contribution is 0.178. The lowest BCUT2D eigenvalue weighted by atomic mass is 10.0. The van der Waals surface area contributed by atoms with E-state index in [2.05, 4.69) is 24.9 Å². The summed E-state index contributed by atoms with van der Waals surface area (Å²) in [5.41, 5.74) is 3.35. The molecule has 17 heavy (non-hydrogen) atoms. The van der Waals surface area contributed by atoms with E-state index < -0.39 is 0 Å². The molecule has 0 spiro atoms. The van der Waals surface area contributed by atoms with Crippen molar-refractivity contribution in [2.75, 3.05) is 27.3 Å². The lowest BCUT2D eigenvalue weighted by Gasteiger charge is -2.18. The van der Waals surface area contributed by atoms with Crippen LogP contribution in [0.5, 0.6) is 5.75 Å². The molecule has 0 saturated carbocycles. The topological polar surface area (TPSA) is 32.7 Å². The molecule has 0 saturated heterocycles. The summed E-state index contributed by atoms with van der Waals surface area (Å²) in [4.78, 5) is 2.20. The molecule has 1 rings (SSSR count). The number of hydrogen-bond acceptors (Lipinski definition) is 3. The minimum Gasteiger partial charge on any atom is -0.508 e. The number of benzene rings is 1. The highest BCUT2D eigenvalue weighted by atomic mass is 16.5. The Hall–Kier alpha value is -1.06. The highest BCUT2D eigenvalue weighted by molar-refractivity contribution is 5.40. The monoisotopic (exact) mass is 237 g/mol. The van der Waals surface area contributed by atoms with Crippen LogP contribution in [0.1, 0.15) is 23.1 Å². The van der Waals surface area contributed by atoms with E-state index in [9.17, 15) is 5.11 Å². The van der Waals surface area contributed by atoms with Crippen LogP contribution in [0, 0.1) is 13.8 Å². The van der Waals surface area contributed by atoms with Gasteiger partial charge in [-0.05, 0) is 44.5 Å². The number of methoxy groups -OCH3 is 1. The summed E-state index contributed by atoms with van der Waals surface area (Å²) in [6.07, 6.45) is 1.01. The molecule has 1 aromatic rings. The van der Waals surface area contributed by atoms with E-state index in [0.717, 1.165) is 37.2 Å². The van der Waals surface area contributed by atoms with Gasteiger partial charge in [0.15, 0.2) is 0 Å². The third-order valence-corrected chi connectivity index (χ3v) is 3.02. The molecule has 0 unspecified atom stereocenters. The molecular weight excluding hydrogens is 214 g/mol. The van der Waals surface area contributed by atoms with Gasteiger partial charge in [0, 0.05) is 32.4 Å². The van der Waals surface area contributed by atoms with Crippen LogP contribution in [0.4, 0.5) is 0 Å². The second-order valence-electron chi connectivity index (χ2n) is 4.65. The molecule has 0 aliphatic heterocycles. The second kappa shape index (κ2) is 6.62. The Morgan fingerprint density at radius 2 is 1.88 bits per heavy atom. The molecule has 96 valence electrons. The Morgan fingerprint density at radius 3 is 2.53 bits per heavy atom. The van der Waals surface area contributed by atoms with E-state index in [1.54, 1.807) is 7.11 Å². The maximum absolute atomic E-state index is 9.88. The summed E-state index contributed by atoms with van der Waals surface area (Å²) in [5.74, 6) is 0.395. The molecule has 0 atom stereocenters. The standard InChI is InChI=1S/C14H23NO2/c1-11-8-13(14(16)9-12(11)2)10-15(3)6-5-7-17-4/h8-9,16H,5-7,10H2,1-4H3. The second-order valence-corrected chi connectivity index (χ2v) is 4.65. The van der Waals surface area contributed by atoms with Crippen LogP contribution in [0.3, 0.4) is 0 Å². The van der Waals surface area contributed by atoms with Crippen molar-refractivity contribution >= 4 is 0 Å². The fraction of sp³-hybridized carbons (Fsp3) is 0.571. The van der Waals surface area contributed by atoms with Gasteiger partial charge in [-0.3, -0.25) is 0 Å². The van der Waals surface area contributed by atoms with Crippen molar-refractivity contribution in [3.63, 3.8) is 0 Å². The van der Waals surface area contributed by atoms with Crippen molar-refractivity contribution in [1.29, 1.82) is 0 Å². The number of ether oxygens (including phenoxy) is 1. The fourth-order valence-corrected chi connectivity index (χ4v) is 1.84. The molecule has 0 bridgehead atoms. The molecule has 1 aromatic carbocycles. The SMILES string of the molecule is COCCCN(C)Cc1cc(C)c(C)cc1O. The Balaban J connectivity index is 2.58.